The van der Waals surface area contributed by atoms with Crippen molar-refractivity contribution in [2.24, 2.45) is 5.92 Å². The van der Waals surface area contributed by atoms with Crippen molar-refractivity contribution in [3.63, 3.8) is 0 Å². The molecule has 7 heteroatoms. The van der Waals surface area contributed by atoms with Crippen molar-refractivity contribution in [3.05, 3.63) is 42.0 Å². The molecule has 2 N–H and O–H groups in total. The van der Waals surface area contributed by atoms with E-state index in [1.165, 1.54) is 6.42 Å². The maximum absolute atomic E-state index is 14.4. The Balaban J connectivity index is 2.49. The minimum Gasteiger partial charge on any atom is -0.444 e. The highest BCUT2D eigenvalue weighted by molar-refractivity contribution is 5.92. The van der Waals surface area contributed by atoms with Crippen LogP contribution in [0.4, 0.5) is 4.79 Å². The SMILES string of the molecule is C=Cc1cccc(C(C(=O)NC2CCCCC2)N(CCCCCCC)C(=O)C(CC(C)C)NC(=O)OC(C)(C)C)c1. The lowest BCUT2D eigenvalue weighted by Gasteiger charge is -2.36. The normalized spacial score (nSPS) is 15.6. The molecule has 0 aromatic heterocycles. The lowest BCUT2D eigenvalue weighted by atomic mass is 9.94. The van der Waals surface area contributed by atoms with Gasteiger partial charge in [-0.05, 0) is 69.6 Å². The zero-order valence-electron chi connectivity index (χ0n) is 26.5. The fourth-order valence-electron chi connectivity index (χ4n) is 5.45. The summed E-state index contributed by atoms with van der Waals surface area (Å²) in [4.78, 5) is 43.1. The molecule has 1 aliphatic carbocycles. The maximum atomic E-state index is 14.4. The number of rotatable bonds is 15. The molecule has 1 aromatic rings. The first-order valence-corrected chi connectivity index (χ1v) is 15.8. The Labute approximate surface area is 248 Å². The summed E-state index contributed by atoms with van der Waals surface area (Å²) < 4.78 is 5.52. The molecule has 0 saturated heterocycles. The maximum Gasteiger partial charge on any atom is 0.408 e. The second kappa shape index (κ2) is 17.2. The van der Waals surface area contributed by atoms with Crippen LogP contribution >= 0.6 is 0 Å². The first-order chi connectivity index (χ1) is 19.4. The minimum absolute atomic E-state index is 0.106. The van der Waals surface area contributed by atoms with Gasteiger partial charge >= 0.3 is 6.09 Å². The topological polar surface area (TPSA) is 87.7 Å². The molecule has 0 spiro atoms. The first kappa shape index (κ1) is 34.4. The van der Waals surface area contributed by atoms with Gasteiger partial charge in [-0.3, -0.25) is 9.59 Å². The van der Waals surface area contributed by atoms with E-state index in [2.05, 4.69) is 24.1 Å². The van der Waals surface area contributed by atoms with Crippen LogP contribution in [0.5, 0.6) is 0 Å². The van der Waals surface area contributed by atoms with Crippen molar-refractivity contribution in [2.45, 2.75) is 136 Å². The second-order valence-electron chi connectivity index (χ2n) is 12.9. The molecule has 1 aliphatic rings. The van der Waals surface area contributed by atoms with Gasteiger partial charge in [0.2, 0.25) is 11.8 Å². The molecule has 0 bridgehead atoms. The van der Waals surface area contributed by atoms with Crippen molar-refractivity contribution in [1.29, 1.82) is 0 Å². The molecular weight excluding hydrogens is 514 g/mol. The third kappa shape index (κ3) is 12.3. The molecule has 1 saturated carbocycles. The van der Waals surface area contributed by atoms with Gasteiger partial charge in [-0.2, -0.15) is 0 Å². The van der Waals surface area contributed by atoms with Crippen LogP contribution in [0.3, 0.4) is 0 Å². The van der Waals surface area contributed by atoms with Gasteiger partial charge in [0, 0.05) is 12.6 Å². The third-order valence-electron chi connectivity index (χ3n) is 7.46. The number of hydrogen-bond acceptors (Lipinski definition) is 4. The molecule has 0 aliphatic heterocycles. The molecule has 0 heterocycles. The minimum atomic E-state index is -0.814. The summed E-state index contributed by atoms with van der Waals surface area (Å²) in [6, 6.07) is 6.17. The van der Waals surface area contributed by atoms with Crippen molar-refractivity contribution < 1.29 is 19.1 Å². The van der Waals surface area contributed by atoms with E-state index in [1.807, 2.05) is 38.1 Å². The van der Waals surface area contributed by atoms with Crippen molar-refractivity contribution in [2.75, 3.05) is 6.54 Å². The number of benzene rings is 1. The predicted octanol–water partition coefficient (Wildman–Crippen LogP) is 7.56. The van der Waals surface area contributed by atoms with Gasteiger partial charge in [-0.15, -0.1) is 0 Å². The molecule has 0 radical (unpaired) electrons. The highest BCUT2D eigenvalue weighted by Crippen LogP contribution is 2.27. The molecule has 2 atom stereocenters. The predicted molar refractivity (Wildman–Crippen MR) is 167 cm³/mol. The summed E-state index contributed by atoms with van der Waals surface area (Å²) in [5.41, 5.74) is 0.944. The Kier molecular flexibility index (Phi) is 14.4. The lowest BCUT2D eigenvalue weighted by molar-refractivity contribution is -0.143. The molecule has 7 nitrogen and oxygen atoms in total. The van der Waals surface area contributed by atoms with Gasteiger partial charge in [0.25, 0.3) is 0 Å². The molecule has 2 rings (SSSR count). The number of hydrogen-bond donors (Lipinski definition) is 2. The molecule has 41 heavy (non-hydrogen) atoms. The number of unbranched alkanes of at least 4 members (excludes halogenated alkanes) is 4. The van der Waals surface area contributed by atoms with E-state index >= 15 is 0 Å². The van der Waals surface area contributed by atoms with E-state index in [9.17, 15) is 14.4 Å². The lowest BCUT2D eigenvalue weighted by Crippen LogP contribution is -2.54. The number of nitrogens with zero attached hydrogens (tertiary/aromatic N) is 1. The van der Waals surface area contributed by atoms with Gasteiger partial charge in [0.15, 0.2) is 0 Å². The van der Waals surface area contributed by atoms with Crippen LogP contribution in [-0.2, 0) is 14.3 Å². The van der Waals surface area contributed by atoms with Crippen LogP contribution in [0.25, 0.3) is 6.08 Å². The number of nitrogens with one attached hydrogen (secondary N) is 2. The van der Waals surface area contributed by atoms with Crippen molar-refractivity contribution in [1.82, 2.24) is 15.5 Å². The van der Waals surface area contributed by atoms with Crippen molar-refractivity contribution >= 4 is 24.0 Å². The summed E-state index contributed by atoms with van der Waals surface area (Å²) in [5, 5.41) is 6.13. The average molecular weight is 570 g/mol. The number of carbonyl (C=O) groups is 3. The van der Waals surface area contributed by atoms with E-state index in [0.29, 0.717) is 13.0 Å². The van der Waals surface area contributed by atoms with Crippen LogP contribution in [0, 0.1) is 5.92 Å². The van der Waals surface area contributed by atoms with Crippen molar-refractivity contribution in [3.8, 4) is 0 Å². The molecule has 1 aromatic carbocycles. The fourth-order valence-corrected chi connectivity index (χ4v) is 5.45. The van der Waals surface area contributed by atoms with Gasteiger partial charge in [0.05, 0.1) is 0 Å². The van der Waals surface area contributed by atoms with Crippen LogP contribution in [0.2, 0.25) is 0 Å². The van der Waals surface area contributed by atoms with E-state index in [4.69, 9.17) is 4.74 Å². The zero-order chi connectivity index (χ0) is 30.4. The number of ether oxygens (including phenoxy) is 1. The Morgan fingerprint density at radius 2 is 1.76 bits per heavy atom. The molecule has 3 amide bonds. The summed E-state index contributed by atoms with van der Waals surface area (Å²) >= 11 is 0. The Morgan fingerprint density at radius 1 is 1.07 bits per heavy atom. The van der Waals surface area contributed by atoms with Gasteiger partial charge in [-0.25, -0.2) is 4.79 Å². The van der Waals surface area contributed by atoms with Crippen LogP contribution < -0.4 is 10.6 Å². The second-order valence-corrected chi connectivity index (χ2v) is 12.9. The Hall–Kier alpha value is -2.83. The largest absolute Gasteiger partial charge is 0.444 e. The summed E-state index contributed by atoms with van der Waals surface area (Å²) in [5.74, 6) is -0.280. The third-order valence-corrected chi connectivity index (χ3v) is 7.46. The number of carbonyl (C=O) groups excluding carboxylic acids is 3. The van der Waals surface area contributed by atoms with E-state index in [0.717, 1.165) is 68.9 Å². The quantitative estimate of drug-likeness (QED) is 0.213. The van der Waals surface area contributed by atoms with E-state index < -0.39 is 23.8 Å². The van der Waals surface area contributed by atoms with Crippen LogP contribution in [0.1, 0.15) is 129 Å². The molecule has 1 fully saturated rings. The molecule has 230 valence electrons. The van der Waals surface area contributed by atoms with Gasteiger partial charge < -0.3 is 20.3 Å². The average Bonchev–Trinajstić information content (AvgIpc) is 2.90. The monoisotopic (exact) mass is 569 g/mol. The van der Waals surface area contributed by atoms with E-state index in [1.54, 1.807) is 31.7 Å². The van der Waals surface area contributed by atoms with Gasteiger partial charge in [0.1, 0.15) is 17.7 Å². The van der Waals surface area contributed by atoms with Crippen LogP contribution in [0.15, 0.2) is 30.8 Å². The Morgan fingerprint density at radius 3 is 2.37 bits per heavy atom. The summed E-state index contributed by atoms with van der Waals surface area (Å²) in [7, 11) is 0. The van der Waals surface area contributed by atoms with Crippen LogP contribution in [-0.4, -0.2) is 47.0 Å². The standard InChI is InChI=1S/C34H55N3O4/c1-8-10-11-12-16-22-37(32(39)29(23-25(3)4)36-33(40)41-34(5,6)7)30(27-19-17-18-26(9-2)24-27)31(38)35-28-20-14-13-15-21-28/h9,17-19,24-25,28-30H,2,8,10-16,20-23H2,1,3-7H3,(H,35,38)(H,36,40). The van der Waals surface area contributed by atoms with Gasteiger partial charge in [-0.1, -0.05) is 96.6 Å². The zero-order valence-corrected chi connectivity index (χ0v) is 26.5. The Bertz CT molecular complexity index is 978. The highest BCUT2D eigenvalue weighted by Gasteiger charge is 2.37. The fraction of sp³-hybridized carbons (Fsp3) is 0.676. The number of alkyl carbamates (subject to hydrolysis) is 1. The highest BCUT2D eigenvalue weighted by atomic mass is 16.6. The molecular formula is C34H55N3O4. The van der Waals surface area contributed by atoms with E-state index in [-0.39, 0.29) is 23.8 Å². The summed E-state index contributed by atoms with van der Waals surface area (Å²) in [6.45, 7) is 15.9. The first-order valence-electron chi connectivity index (χ1n) is 15.8. The smallest absolute Gasteiger partial charge is 0.408 e. The summed E-state index contributed by atoms with van der Waals surface area (Å²) in [6.07, 6.45) is 11.9. The number of amides is 3. The molecule has 2 unspecified atom stereocenters.